The summed E-state index contributed by atoms with van der Waals surface area (Å²) in [6.45, 7) is 0. The molecule has 9 heteroatoms. The van der Waals surface area contributed by atoms with Gasteiger partial charge in [0.2, 0.25) is 0 Å². The summed E-state index contributed by atoms with van der Waals surface area (Å²) in [7, 11) is 1.57. The number of fused-ring (bicyclic) bond motifs is 1. The molecule has 4 aromatic carbocycles. The first-order valence-electron chi connectivity index (χ1n) is 12.1. The van der Waals surface area contributed by atoms with Crippen molar-refractivity contribution in [1.82, 2.24) is 10.4 Å². The number of hydrogen-bond donors (Lipinski definition) is 1. The number of esters is 1. The largest absolute Gasteiger partial charge is 0.497 e. The molecule has 0 fully saturated rings. The zero-order valence-electron chi connectivity index (χ0n) is 21.1. The van der Waals surface area contributed by atoms with Crippen molar-refractivity contribution >= 4 is 56.5 Å². The van der Waals surface area contributed by atoms with Gasteiger partial charge in [-0.05, 0) is 78.4 Å². The average molecular weight is 615 g/mol. The highest BCUT2D eigenvalue weighted by Crippen LogP contribution is 2.28. The van der Waals surface area contributed by atoms with Crippen molar-refractivity contribution in [3.05, 3.63) is 123 Å². The summed E-state index contributed by atoms with van der Waals surface area (Å²) in [5.74, 6) is 0.00546. The molecule has 198 valence electrons. The zero-order chi connectivity index (χ0) is 28.1. The van der Waals surface area contributed by atoms with E-state index in [1.54, 1.807) is 73.8 Å². The predicted octanol–water partition coefficient (Wildman–Crippen LogP) is 7.31. The highest BCUT2D eigenvalue weighted by molar-refractivity contribution is 9.10. The molecule has 0 aliphatic heterocycles. The molecule has 0 unspecified atom stereocenters. The van der Waals surface area contributed by atoms with Crippen LogP contribution >= 0.6 is 27.5 Å². The van der Waals surface area contributed by atoms with Crippen molar-refractivity contribution in [2.45, 2.75) is 0 Å². The van der Waals surface area contributed by atoms with Gasteiger partial charge in [-0.1, -0.05) is 51.8 Å². The molecular weight excluding hydrogens is 594 g/mol. The molecule has 1 amide bonds. The number of rotatable bonds is 7. The summed E-state index contributed by atoms with van der Waals surface area (Å²) in [6, 6.07) is 28.2. The molecule has 0 radical (unpaired) electrons. The van der Waals surface area contributed by atoms with Crippen LogP contribution in [0.25, 0.3) is 22.2 Å². The second-order valence-electron chi connectivity index (χ2n) is 8.58. The Balaban J connectivity index is 1.33. The number of aromatic nitrogens is 1. The predicted molar refractivity (Wildman–Crippen MR) is 159 cm³/mol. The van der Waals surface area contributed by atoms with E-state index in [0.29, 0.717) is 44.2 Å². The molecule has 0 atom stereocenters. The molecule has 5 aromatic rings. The topological polar surface area (TPSA) is 89.9 Å². The van der Waals surface area contributed by atoms with Gasteiger partial charge in [0.05, 0.1) is 40.7 Å². The van der Waals surface area contributed by atoms with E-state index in [9.17, 15) is 9.59 Å². The van der Waals surface area contributed by atoms with Crippen molar-refractivity contribution in [3.63, 3.8) is 0 Å². The van der Waals surface area contributed by atoms with Crippen LogP contribution in [-0.2, 0) is 0 Å². The molecule has 0 spiro atoms. The third-order valence-corrected chi connectivity index (χ3v) is 6.82. The molecule has 0 saturated heterocycles. The van der Waals surface area contributed by atoms with Crippen LogP contribution in [0, 0.1) is 0 Å². The quantitative estimate of drug-likeness (QED) is 0.0899. The number of carbonyl (C=O) groups is 2. The van der Waals surface area contributed by atoms with Crippen molar-refractivity contribution in [2.75, 3.05) is 7.11 Å². The number of hydrazone groups is 1. The van der Waals surface area contributed by atoms with E-state index in [1.165, 1.54) is 6.21 Å². The summed E-state index contributed by atoms with van der Waals surface area (Å²) < 4.78 is 11.7. The third-order valence-electron chi connectivity index (χ3n) is 5.96. The van der Waals surface area contributed by atoms with E-state index in [-0.39, 0.29) is 5.56 Å². The number of amides is 1. The summed E-state index contributed by atoms with van der Waals surface area (Å²) in [5.41, 5.74) is 6.14. The molecule has 1 N–H and O–H groups in total. The Morgan fingerprint density at radius 1 is 0.900 bits per heavy atom. The van der Waals surface area contributed by atoms with E-state index in [2.05, 4.69) is 26.5 Å². The smallest absolute Gasteiger partial charge is 0.345 e. The Hall–Kier alpha value is -4.53. The molecule has 0 aliphatic rings. The van der Waals surface area contributed by atoms with Crippen LogP contribution in [0.1, 0.15) is 26.3 Å². The van der Waals surface area contributed by atoms with Gasteiger partial charge < -0.3 is 9.47 Å². The zero-order valence-corrected chi connectivity index (χ0v) is 23.4. The lowest BCUT2D eigenvalue weighted by Crippen LogP contribution is -2.18. The number of nitrogens with zero attached hydrogens (tertiary/aromatic N) is 2. The molecule has 40 heavy (non-hydrogen) atoms. The molecule has 7 nitrogen and oxygen atoms in total. The Kier molecular flexibility index (Phi) is 8.19. The Labute approximate surface area is 243 Å². The Bertz CT molecular complexity index is 1740. The Morgan fingerprint density at radius 3 is 2.35 bits per heavy atom. The number of ether oxygens (including phenoxy) is 2. The van der Waals surface area contributed by atoms with Crippen LogP contribution in [0.2, 0.25) is 5.02 Å². The summed E-state index contributed by atoms with van der Waals surface area (Å²) in [5, 5.41) is 5.08. The molecule has 1 aromatic heterocycles. The number of benzene rings is 4. The van der Waals surface area contributed by atoms with Crippen LogP contribution in [0.15, 0.2) is 107 Å². The second-order valence-corrected chi connectivity index (χ2v) is 9.91. The third kappa shape index (κ3) is 6.20. The maximum absolute atomic E-state index is 13.3. The van der Waals surface area contributed by atoms with Crippen LogP contribution in [0.5, 0.6) is 11.5 Å². The van der Waals surface area contributed by atoms with E-state index in [1.807, 2.05) is 30.3 Å². The molecule has 1 heterocycles. The Morgan fingerprint density at radius 2 is 1.62 bits per heavy atom. The van der Waals surface area contributed by atoms with E-state index in [4.69, 9.17) is 26.1 Å². The van der Waals surface area contributed by atoms with Crippen LogP contribution in [0.4, 0.5) is 0 Å². The number of hydrogen-bond acceptors (Lipinski definition) is 6. The van der Waals surface area contributed by atoms with Gasteiger partial charge in [-0.2, -0.15) is 5.10 Å². The minimum atomic E-state index is -0.553. The monoisotopic (exact) mass is 613 g/mol. The average Bonchev–Trinajstić information content (AvgIpc) is 2.97. The lowest BCUT2D eigenvalue weighted by Gasteiger charge is -2.10. The fraction of sp³-hybridized carbons (Fsp3) is 0.0323. The summed E-state index contributed by atoms with van der Waals surface area (Å²) in [6.07, 6.45) is 1.50. The highest BCUT2D eigenvalue weighted by Gasteiger charge is 2.15. The van der Waals surface area contributed by atoms with Crippen LogP contribution in [0.3, 0.4) is 0 Å². The molecule has 0 bridgehead atoms. The normalized spacial score (nSPS) is 11.0. The molecule has 0 saturated carbocycles. The first-order valence-corrected chi connectivity index (χ1v) is 13.2. The van der Waals surface area contributed by atoms with E-state index in [0.717, 1.165) is 10.0 Å². The number of pyridine rings is 1. The molecule has 5 rings (SSSR count). The van der Waals surface area contributed by atoms with Crippen molar-refractivity contribution in [3.8, 4) is 22.8 Å². The lowest BCUT2D eigenvalue weighted by atomic mass is 10.0. The van der Waals surface area contributed by atoms with Crippen LogP contribution < -0.4 is 14.9 Å². The van der Waals surface area contributed by atoms with Gasteiger partial charge in [0.15, 0.2) is 0 Å². The van der Waals surface area contributed by atoms with Crippen molar-refractivity contribution in [2.24, 2.45) is 5.10 Å². The van der Waals surface area contributed by atoms with Crippen molar-refractivity contribution in [1.29, 1.82) is 0 Å². The second kappa shape index (κ2) is 12.1. The summed E-state index contributed by atoms with van der Waals surface area (Å²) in [4.78, 5) is 30.4. The number of halogens is 2. The van der Waals surface area contributed by atoms with Gasteiger partial charge in [-0.15, -0.1) is 0 Å². The highest BCUT2D eigenvalue weighted by atomic mass is 79.9. The minimum absolute atomic E-state index is 0.280. The SMILES string of the molecule is COc1ccc2nc(-c3ccc(Br)cc3)cc(C(=O)NN=Cc3ccc(OC(=O)c4ccccc4Cl)cc3)c2c1. The maximum Gasteiger partial charge on any atom is 0.345 e. The fourth-order valence-electron chi connectivity index (χ4n) is 3.92. The van der Waals surface area contributed by atoms with Gasteiger partial charge in [0.25, 0.3) is 5.91 Å². The molecule has 0 aliphatic carbocycles. The first kappa shape index (κ1) is 27.1. The first-order chi connectivity index (χ1) is 19.4. The number of nitrogens with one attached hydrogen (secondary N) is 1. The van der Waals surface area contributed by atoms with Gasteiger partial charge in [-0.25, -0.2) is 15.2 Å². The molecular formula is C31H21BrClN3O4. The van der Waals surface area contributed by atoms with E-state index < -0.39 is 11.9 Å². The van der Waals surface area contributed by atoms with Crippen molar-refractivity contribution < 1.29 is 19.1 Å². The maximum atomic E-state index is 13.3. The lowest BCUT2D eigenvalue weighted by molar-refractivity contribution is 0.0734. The minimum Gasteiger partial charge on any atom is -0.497 e. The fourth-order valence-corrected chi connectivity index (χ4v) is 4.40. The summed E-state index contributed by atoms with van der Waals surface area (Å²) >= 11 is 9.51. The van der Waals surface area contributed by atoms with Gasteiger partial charge >= 0.3 is 5.97 Å². The van der Waals surface area contributed by atoms with Gasteiger partial charge in [0, 0.05) is 15.4 Å². The standard InChI is InChI=1S/C31H21BrClN3O4/c1-39-23-14-15-28-25(16-23)26(17-29(35-28)20-8-10-21(32)11-9-20)30(37)36-34-18-19-6-12-22(13-7-19)40-31(38)24-4-2-3-5-27(24)33/h2-18H,1H3,(H,36,37). The van der Waals surface area contributed by atoms with Crippen LogP contribution in [-0.4, -0.2) is 30.2 Å². The van der Waals surface area contributed by atoms with Gasteiger partial charge in [-0.3, -0.25) is 4.79 Å². The van der Waals surface area contributed by atoms with E-state index >= 15 is 0 Å². The van der Waals surface area contributed by atoms with Gasteiger partial charge in [0.1, 0.15) is 11.5 Å². The number of carbonyl (C=O) groups excluding carboxylic acids is 2. The number of methoxy groups -OCH3 is 1.